The van der Waals surface area contributed by atoms with E-state index in [0.29, 0.717) is 22.6 Å². The third-order valence-corrected chi connectivity index (χ3v) is 4.39. The summed E-state index contributed by atoms with van der Waals surface area (Å²) in [6.45, 7) is 3.76. The summed E-state index contributed by atoms with van der Waals surface area (Å²) in [4.78, 5) is 23.0. The number of esters is 1. The van der Waals surface area contributed by atoms with Crippen molar-refractivity contribution in [2.75, 3.05) is 0 Å². The predicted octanol–water partition coefficient (Wildman–Crippen LogP) is 4.63. The molecule has 0 aliphatic heterocycles. The first kappa shape index (κ1) is 18.4. The van der Waals surface area contributed by atoms with Gasteiger partial charge in [-0.05, 0) is 66.8 Å². The van der Waals surface area contributed by atoms with Gasteiger partial charge >= 0.3 is 5.97 Å². The summed E-state index contributed by atoms with van der Waals surface area (Å²) < 4.78 is 5.48. The molecule has 0 aliphatic rings. The molecular weight excluding hydrogens is 340 g/mol. The zero-order valence-electron chi connectivity index (χ0n) is 15.2. The maximum Gasteiger partial charge on any atom is 0.343 e. The molecule has 1 N–H and O–H groups in total. The Kier molecular flexibility index (Phi) is 5.36. The molecule has 0 heterocycles. The molecule has 3 rings (SSSR count). The zero-order chi connectivity index (χ0) is 19.4. The second kappa shape index (κ2) is 7.87. The van der Waals surface area contributed by atoms with Crippen LogP contribution in [0.5, 0.6) is 11.5 Å². The highest BCUT2D eigenvalue weighted by molar-refractivity contribution is 5.92. The maximum absolute atomic E-state index is 12.3. The van der Waals surface area contributed by atoms with Crippen molar-refractivity contribution in [3.05, 3.63) is 94.0 Å². The lowest BCUT2D eigenvalue weighted by Crippen LogP contribution is -2.09. The molecule has 4 nitrogen and oxygen atoms in total. The second-order valence-electron chi connectivity index (χ2n) is 6.53. The van der Waals surface area contributed by atoms with E-state index in [1.165, 1.54) is 0 Å². The van der Waals surface area contributed by atoms with Gasteiger partial charge in [0, 0.05) is 5.56 Å². The normalized spacial score (nSPS) is 10.4. The first-order valence-corrected chi connectivity index (χ1v) is 8.61. The summed E-state index contributed by atoms with van der Waals surface area (Å²) in [6.07, 6.45) is 1.46. The Morgan fingerprint density at radius 3 is 2.15 bits per heavy atom. The SMILES string of the molecule is Cc1cc(Cc2ccc(OC(=O)c3ccc(C=O)cc3)c(C)c2)ccc1O. The molecule has 0 atom stereocenters. The van der Waals surface area contributed by atoms with Gasteiger partial charge in [0.2, 0.25) is 0 Å². The van der Waals surface area contributed by atoms with E-state index < -0.39 is 5.97 Å². The van der Waals surface area contributed by atoms with Crippen LogP contribution in [0.2, 0.25) is 0 Å². The molecule has 3 aromatic carbocycles. The van der Waals surface area contributed by atoms with Crippen molar-refractivity contribution in [2.24, 2.45) is 0 Å². The third kappa shape index (κ3) is 4.42. The topological polar surface area (TPSA) is 63.6 Å². The third-order valence-electron chi connectivity index (χ3n) is 4.39. The smallest absolute Gasteiger partial charge is 0.343 e. The van der Waals surface area contributed by atoms with Crippen molar-refractivity contribution in [3.63, 3.8) is 0 Å². The molecule has 0 fully saturated rings. The molecule has 0 spiro atoms. The molecule has 0 unspecified atom stereocenters. The van der Waals surface area contributed by atoms with Crippen LogP contribution in [0.15, 0.2) is 60.7 Å². The van der Waals surface area contributed by atoms with Crippen LogP contribution in [0.1, 0.15) is 43.0 Å². The fourth-order valence-corrected chi connectivity index (χ4v) is 2.86. The van der Waals surface area contributed by atoms with Crippen molar-refractivity contribution in [1.82, 2.24) is 0 Å². The van der Waals surface area contributed by atoms with E-state index in [1.54, 1.807) is 36.4 Å². The number of phenols is 1. The van der Waals surface area contributed by atoms with Crippen molar-refractivity contribution in [3.8, 4) is 11.5 Å². The lowest BCUT2D eigenvalue weighted by atomic mass is 10.0. The minimum atomic E-state index is -0.461. The van der Waals surface area contributed by atoms with Gasteiger partial charge in [0.15, 0.2) is 0 Å². The van der Waals surface area contributed by atoms with Crippen LogP contribution in [0.25, 0.3) is 0 Å². The van der Waals surface area contributed by atoms with Crippen LogP contribution >= 0.6 is 0 Å². The maximum atomic E-state index is 12.3. The standard InChI is InChI=1S/C23H20O4/c1-15-11-18(5-9-21(15)25)13-19-6-10-22(16(2)12-19)27-23(26)20-7-3-17(14-24)4-8-20/h3-12,14,25H,13H2,1-2H3. The minimum absolute atomic E-state index is 0.290. The molecule has 0 saturated carbocycles. The number of carbonyl (C=O) groups is 2. The lowest BCUT2D eigenvalue weighted by Gasteiger charge is -2.10. The number of hydrogen-bond donors (Lipinski definition) is 1. The quantitative estimate of drug-likeness (QED) is 0.409. The van der Waals surface area contributed by atoms with Gasteiger partial charge < -0.3 is 9.84 Å². The highest BCUT2D eigenvalue weighted by Crippen LogP contribution is 2.24. The Labute approximate surface area is 158 Å². The Morgan fingerprint density at radius 2 is 1.56 bits per heavy atom. The van der Waals surface area contributed by atoms with E-state index in [2.05, 4.69) is 0 Å². The van der Waals surface area contributed by atoms with E-state index in [0.717, 1.165) is 35.0 Å². The van der Waals surface area contributed by atoms with Gasteiger partial charge in [0.05, 0.1) is 5.56 Å². The average Bonchev–Trinajstić information content (AvgIpc) is 2.67. The van der Waals surface area contributed by atoms with Crippen molar-refractivity contribution in [1.29, 1.82) is 0 Å². The highest BCUT2D eigenvalue weighted by atomic mass is 16.5. The number of carbonyl (C=O) groups excluding carboxylic acids is 2. The summed E-state index contributed by atoms with van der Waals surface area (Å²) >= 11 is 0. The number of rotatable bonds is 5. The van der Waals surface area contributed by atoms with Crippen LogP contribution in [-0.4, -0.2) is 17.4 Å². The fraction of sp³-hybridized carbons (Fsp3) is 0.130. The van der Waals surface area contributed by atoms with Crippen LogP contribution in [0.3, 0.4) is 0 Å². The van der Waals surface area contributed by atoms with Crippen molar-refractivity contribution >= 4 is 12.3 Å². The van der Waals surface area contributed by atoms with Crippen molar-refractivity contribution < 1.29 is 19.4 Å². The fourth-order valence-electron chi connectivity index (χ4n) is 2.86. The predicted molar refractivity (Wildman–Crippen MR) is 104 cm³/mol. The van der Waals surface area contributed by atoms with Gasteiger partial charge in [-0.2, -0.15) is 0 Å². The summed E-state index contributed by atoms with van der Waals surface area (Å²) in [6, 6.07) is 17.6. The number of benzene rings is 3. The Bertz CT molecular complexity index is 988. The van der Waals surface area contributed by atoms with Crippen LogP contribution in [0, 0.1) is 13.8 Å². The number of aldehydes is 1. The Balaban J connectivity index is 1.72. The van der Waals surface area contributed by atoms with E-state index in [4.69, 9.17) is 4.74 Å². The second-order valence-corrected chi connectivity index (χ2v) is 6.53. The molecule has 3 aromatic rings. The first-order chi connectivity index (χ1) is 13.0. The van der Waals surface area contributed by atoms with E-state index >= 15 is 0 Å². The number of phenolic OH excluding ortho intramolecular Hbond substituents is 1. The molecule has 4 heteroatoms. The molecule has 0 aromatic heterocycles. The van der Waals surface area contributed by atoms with Gasteiger partial charge in [0.1, 0.15) is 17.8 Å². The number of aromatic hydroxyl groups is 1. The minimum Gasteiger partial charge on any atom is -0.508 e. The Hall–Kier alpha value is -3.40. The van der Waals surface area contributed by atoms with Gasteiger partial charge in [0.25, 0.3) is 0 Å². The van der Waals surface area contributed by atoms with Crippen molar-refractivity contribution in [2.45, 2.75) is 20.3 Å². The molecule has 0 amide bonds. The number of hydrogen-bond acceptors (Lipinski definition) is 4. The molecule has 0 bridgehead atoms. The lowest BCUT2D eigenvalue weighted by molar-refractivity contribution is 0.0733. The molecule has 27 heavy (non-hydrogen) atoms. The molecule has 0 saturated heterocycles. The Morgan fingerprint density at radius 1 is 0.926 bits per heavy atom. The number of aryl methyl sites for hydroxylation is 2. The first-order valence-electron chi connectivity index (χ1n) is 8.61. The summed E-state index contributed by atoms with van der Waals surface area (Å²) in [5, 5.41) is 9.63. The number of ether oxygens (including phenoxy) is 1. The van der Waals surface area contributed by atoms with Gasteiger partial charge in [-0.1, -0.05) is 36.4 Å². The van der Waals surface area contributed by atoms with Crippen LogP contribution in [-0.2, 0) is 6.42 Å². The summed E-state index contributed by atoms with van der Waals surface area (Å²) in [5.41, 5.74) is 4.80. The van der Waals surface area contributed by atoms with Crippen LogP contribution in [0.4, 0.5) is 0 Å². The summed E-state index contributed by atoms with van der Waals surface area (Å²) in [7, 11) is 0. The van der Waals surface area contributed by atoms with Gasteiger partial charge in [-0.15, -0.1) is 0 Å². The monoisotopic (exact) mass is 360 g/mol. The summed E-state index contributed by atoms with van der Waals surface area (Å²) in [5.74, 6) is 0.334. The molecule has 0 aliphatic carbocycles. The van der Waals surface area contributed by atoms with E-state index in [1.807, 2.05) is 38.1 Å². The van der Waals surface area contributed by atoms with E-state index in [9.17, 15) is 14.7 Å². The average molecular weight is 360 g/mol. The molecule has 0 radical (unpaired) electrons. The molecular formula is C23H20O4. The molecule has 136 valence electrons. The largest absolute Gasteiger partial charge is 0.508 e. The van der Waals surface area contributed by atoms with Gasteiger partial charge in [-0.25, -0.2) is 4.79 Å². The van der Waals surface area contributed by atoms with E-state index in [-0.39, 0.29) is 0 Å². The zero-order valence-corrected chi connectivity index (χ0v) is 15.2. The highest BCUT2D eigenvalue weighted by Gasteiger charge is 2.11. The van der Waals surface area contributed by atoms with Crippen LogP contribution < -0.4 is 4.74 Å². The van der Waals surface area contributed by atoms with Gasteiger partial charge in [-0.3, -0.25) is 4.79 Å².